The van der Waals surface area contributed by atoms with Crippen molar-refractivity contribution >= 4 is 41.8 Å². The summed E-state index contributed by atoms with van der Waals surface area (Å²) in [7, 11) is 0. The Kier molecular flexibility index (Phi) is 9.48. The summed E-state index contributed by atoms with van der Waals surface area (Å²) in [5.74, 6) is -4.10. The molecule has 3 aliphatic heterocycles. The molecular weight excluding hydrogens is 490 g/mol. The lowest BCUT2D eigenvalue weighted by atomic mass is 9.98. The number of aliphatic imine (C=N–C) groups is 1. The van der Waals surface area contributed by atoms with Crippen LogP contribution in [-0.2, 0) is 28.8 Å². The molecule has 2 bridgehead atoms. The van der Waals surface area contributed by atoms with Crippen LogP contribution in [0.3, 0.4) is 0 Å². The fraction of sp³-hybridized carbons (Fsp3) is 0.667. The average molecular weight is 524 g/mol. The van der Waals surface area contributed by atoms with Crippen molar-refractivity contribution in [3.8, 4) is 0 Å². The van der Waals surface area contributed by atoms with Gasteiger partial charge in [0.1, 0.15) is 30.5 Å². The first-order valence-corrected chi connectivity index (χ1v) is 12.1. The van der Waals surface area contributed by atoms with E-state index in [1.165, 1.54) is 4.90 Å². The lowest BCUT2D eigenvalue weighted by molar-refractivity contribution is -0.150. The SMILES string of the molecule is NC(N)=NCCC[C@@H]1NN(CC=O)C(=O)[C@H](CC(=O)O)NNC2CCC3CC[C@@H](C(=O)NC1=O)N3C2=O. The highest BCUT2D eigenvalue weighted by Gasteiger charge is 2.47. The standard InChI is InChI=1S/C21H33N9O7/c22-21(23)24-7-1-2-12-17(34)25-18(35)15-6-4-11-3-5-13(20(37)30(11)15)26-27-14(10-16(32)33)19(36)29(28-12)8-9-31/h9,11-15,26-28H,1-8,10H2,(H,32,33)(H4,22,23,24)(H,25,34,35)/t11?,12-,13?,14-,15-/m0/s1. The lowest BCUT2D eigenvalue weighted by Crippen LogP contribution is -2.65. The minimum Gasteiger partial charge on any atom is -0.481 e. The molecule has 0 spiro atoms. The molecule has 37 heavy (non-hydrogen) atoms. The van der Waals surface area contributed by atoms with Crippen LogP contribution in [0.2, 0.25) is 0 Å². The Hall–Kier alpha value is -3.63. The topological polar surface area (TPSA) is 242 Å². The molecule has 2 unspecified atom stereocenters. The minimum absolute atomic E-state index is 0.0613. The van der Waals surface area contributed by atoms with Crippen LogP contribution < -0.4 is 33.1 Å². The van der Waals surface area contributed by atoms with Gasteiger partial charge in [0, 0.05) is 12.6 Å². The normalized spacial score (nSPS) is 28.9. The lowest BCUT2D eigenvalue weighted by Gasteiger charge is -2.39. The number of piperidine rings is 1. The summed E-state index contributed by atoms with van der Waals surface area (Å²) in [4.78, 5) is 80.8. The molecule has 204 valence electrons. The van der Waals surface area contributed by atoms with Crippen LogP contribution in [0.5, 0.6) is 0 Å². The first-order valence-electron chi connectivity index (χ1n) is 12.1. The van der Waals surface area contributed by atoms with Gasteiger partial charge in [-0.3, -0.25) is 39.3 Å². The molecule has 3 rings (SSSR count). The number of hydrazine groups is 2. The number of carbonyl (C=O) groups is 6. The van der Waals surface area contributed by atoms with Crippen LogP contribution in [-0.4, -0.2) is 100 Å². The van der Waals surface area contributed by atoms with Crippen LogP contribution in [0, 0.1) is 0 Å². The number of nitrogens with two attached hydrogens (primary N) is 2. The van der Waals surface area contributed by atoms with E-state index in [9.17, 15) is 33.9 Å². The van der Waals surface area contributed by atoms with Crippen LogP contribution in [0.1, 0.15) is 44.9 Å². The molecule has 0 aliphatic carbocycles. The number of fused-ring (bicyclic) bond motifs is 1. The minimum atomic E-state index is -1.38. The first-order chi connectivity index (χ1) is 17.6. The van der Waals surface area contributed by atoms with Gasteiger partial charge in [-0.25, -0.2) is 16.3 Å². The summed E-state index contributed by atoms with van der Waals surface area (Å²) >= 11 is 0. The maximum absolute atomic E-state index is 13.2. The number of hydrogen-bond donors (Lipinski definition) is 7. The van der Waals surface area contributed by atoms with E-state index in [2.05, 4.69) is 26.6 Å². The summed E-state index contributed by atoms with van der Waals surface area (Å²) in [5.41, 5.74) is 18.7. The van der Waals surface area contributed by atoms with Crippen LogP contribution in [0.4, 0.5) is 0 Å². The predicted molar refractivity (Wildman–Crippen MR) is 127 cm³/mol. The summed E-state index contributed by atoms with van der Waals surface area (Å²) in [6, 6.07) is -4.37. The number of carboxylic acid groups (broad SMARTS) is 1. The third kappa shape index (κ3) is 6.99. The van der Waals surface area contributed by atoms with E-state index < -0.39 is 60.8 Å². The number of carboxylic acids is 1. The fourth-order valence-electron chi connectivity index (χ4n) is 4.84. The Morgan fingerprint density at radius 1 is 1.03 bits per heavy atom. The van der Waals surface area contributed by atoms with E-state index in [1.807, 2.05) is 0 Å². The molecule has 3 heterocycles. The largest absolute Gasteiger partial charge is 0.481 e. The van der Waals surface area contributed by atoms with Gasteiger partial charge < -0.3 is 26.3 Å². The highest BCUT2D eigenvalue weighted by Crippen LogP contribution is 2.32. The number of rotatable bonds is 8. The number of amides is 4. The second-order valence-electron chi connectivity index (χ2n) is 9.16. The Labute approximate surface area is 212 Å². The Bertz CT molecular complexity index is 955. The van der Waals surface area contributed by atoms with Gasteiger partial charge >= 0.3 is 5.97 Å². The third-order valence-corrected chi connectivity index (χ3v) is 6.60. The van der Waals surface area contributed by atoms with Crippen molar-refractivity contribution in [2.45, 2.75) is 75.2 Å². The number of nitrogens with one attached hydrogen (secondary N) is 4. The second-order valence-corrected chi connectivity index (χ2v) is 9.16. The van der Waals surface area contributed by atoms with Crippen molar-refractivity contribution in [2.24, 2.45) is 16.5 Å². The van der Waals surface area contributed by atoms with Gasteiger partial charge in [0.05, 0.1) is 13.0 Å². The summed E-state index contributed by atoms with van der Waals surface area (Å²) in [6.45, 7) is -0.354. The molecule has 16 heteroatoms. The van der Waals surface area contributed by atoms with Crippen molar-refractivity contribution in [3.63, 3.8) is 0 Å². The van der Waals surface area contributed by atoms with Crippen molar-refractivity contribution in [1.29, 1.82) is 0 Å². The predicted octanol–water partition coefficient (Wildman–Crippen LogP) is -3.94. The van der Waals surface area contributed by atoms with Crippen molar-refractivity contribution in [1.82, 2.24) is 31.5 Å². The molecule has 4 amide bonds. The second kappa shape index (κ2) is 12.6. The number of aliphatic carboxylic acids is 1. The van der Waals surface area contributed by atoms with Gasteiger partial charge in [-0.05, 0) is 38.5 Å². The Morgan fingerprint density at radius 2 is 1.76 bits per heavy atom. The van der Waals surface area contributed by atoms with Crippen LogP contribution in [0.25, 0.3) is 0 Å². The van der Waals surface area contributed by atoms with Gasteiger partial charge in [-0.15, -0.1) is 0 Å². The van der Waals surface area contributed by atoms with E-state index >= 15 is 0 Å². The molecule has 3 aliphatic rings. The average Bonchev–Trinajstić information content (AvgIpc) is 3.28. The molecule has 9 N–H and O–H groups in total. The molecular formula is C21H33N9O7. The zero-order valence-corrected chi connectivity index (χ0v) is 20.2. The van der Waals surface area contributed by atoms with Crippen molar-refractivity contribution in [3.05, 3.63) is 0 Å². The van der Waals surface area contributed by atoms with Gasteiger partial charge in [-0.2, -0.15) is 0 Å². The number of imide groups is 1. The van der Waals surface area contributed by atoms with Gasteiger partial charge in [0.2, 0.25) is 17.7 Å². The first kappa shape index (κ1) is 27.9. The fourth-order valence-corrected chi connectivity index (χ4v) is 4.84. The molecule has 0 radical (unpaired) electrons. The van der Waals surface area contributed by atoms with Crippen LogP contribution >= 0.6 is 0 Å². The number of nitrogens with zero attached hydrogens (tertiary/aromatic N) is 3. The van der Waals surface area contributed by atoms with Gasteiger partial charge in [0.25, 0.3) is 5.91 Å². The zero-order valence-electron chi connectivity index (χ0n) is 20.2. The maximum Gasteiger partial charge on any atom is 0.305 e. The molecule has 0 aromatic rings. The van der Waals surface area contributed by atoms with Crippen LogP contribution in [0.15, 0.2) is 4.99 Å². The monoisotopic (exact) mass is 523 g/mol. The molecule has 3 fully saturated rings. The van der Waals surface area contributed by atoms with E-state index in [1.54, 1.807) is 0 Å². The van der Waals surface area contributed by atoms with E-state index in [0.717, 1.165) is 5.01 Å². The smallest absolute Gasteiger partial charge is 0.305 e. The zero-order chi connectivity index (χ0) is 27.1. The molecule has 3 saturated heterocycles. The summed E-state index contributed by atoms with van der Waals surface area (Å²) in [5, 5.41) is 12.5. The molecule has 0 saturated carbocycles. The number of hydrogen-bond acceptors (Lipinski definition) is 10. The van der Waals surface area contributed by atoms with E-state index in [-0.39, 0.29) is 37.3 Å². The number of aldehydes is 1. The number of guanidine groups is 1. The summed E-state index contributed by atoms with van der Waals surface area (Å²) < 4.78 is 0. The molecule has 5 atom stereocenters. The quantitative estimate of drug-likeness (QED) is 0.0530. The molecule has 0 aromatic heterocycles. The number of carbonyl (C=O) groups excluding carboxylic acids is 5. The highest BCUT2D eigenvalue weighted by molar-refractivity contribution is 6.02. The van der Waals surface area contributed by atoms with Crippen molar-refractivity contribution in [2.75, 3.05) is 13.1 Å². The molecule has 0 aromatic carbocycles. The Balaban J connectivity index is 1.92. The van der Waals surface area contributed by atoms with Crippen molar-refractivity contribution < 1.29 is 33.9 Å². The van der Waals surface area contributed by atoms with E-state index in [0.29, 0.717) is 32.0 Å². The van der Waals surface area contributed by atoms with Gasteiger partial charge in [-0.1, -0.05) is 0 Å². The maximum atomic E-state index is 13.2. The van der Waals surface area contributed by atoms with E-state index in [4.69, 9.17) is 11.5 Å². The van der Waals surface area contributed by atoms with Gasteiger partial charge in [0.15, 0.2) is 5.96 Å². The highest BCUT2D eigenvalue weighted by atomic mass is 16.4. The molecule has 16 nitrogen and oxygen atoms in total. The Morgan fingerprint density at radius 3 is 2.43 bits per heavy atom. The summed E-state index contributed by atoms with van der Waals surface area (Å²) in [6.07, 6.45) is 2.05. The third-order valence-electron chi connectivity index (χ3n) is 6.60.